The fraction of sp³-hybridized carbons (Fsp3) is 0.333. The maximum absolute atomic E-state index is 12.4. The van der Waals surface area contributed by atoms with E-state index in [2.05, 4.69) is 10.6 Å². The van der Waals surface area contributed by atoms with Crippen molar-refractivity contribution in [2.45, 2.75) is 39.7 Å². The summed E-state index contributed by atoms with van der Waals surface area (Å²) in [7, 11) is 1.63. The Balaban J connectivity index is 1.93. The summed E-state index contributed by atoms with van der Waals surface area (Å²) in [6.45, 7) is 5.66. The Morgan fingerprint density at radius 2 is 1.65 bits per heavy atom. The highest BCUT2D eigenvalue weighted by molar-refractivity contribution is 5.94. The van der Waals surface area contributed by atoms with Gasteiger partial charge in [0.15, 0.2) is 6.10 Å². The predicted molar refractivity (Wildman–Crippen MR) is 103 cm³/mol. The summed E-state index contributed by atoms with van der Waals surface area (Å²) in [5.41, 5.74) is 3.76. The Hall–Kier alpha value is -2.82. The molecule has 0 fully saturated rings. The van der Waals surface area contributed by atoms with Crippen LogP contribution in [-0.4, -0.2) is 25.0 Å². The molecule has 0 aliphatic heterocycles. The molecule has 0 spiro atoms. The highest BCUT2D eigenvalue weighted by atomic mass is 16.5. The van der Waals surface area contributed by atoms with Crippen molar-refractivity contribution in [1.29, 1.82) is 0 Å². The first-order valence-corrected chi connectivity index (χ1v) is 8.74. The van der Waals surface area contributed by atoms with Gasteiger partial charge in [0.05, 0.1) is 0 Å². The summed E-state index contributed by atoms with van der Waals surface area (Å²) in [4.78, 5) is 23.7. The van der Waals surface area contributed by atoms with Gasteiger partial charge in [0.1, 0.15) is 5.75 Å². The first kappa shape index (κ1) is 19.5. The number of amides is 2. The minimum absolute atomic E-state index is 0.0138. The van der Waals surface area contributed by atoms with Gasteiger partial charge in [-0.05, 0) is 56.0 Å². The number of para-hydroxylation sites is 1. The molecule has 0 bridgehead atoms. The van der Waals surface area contributed by atoms with Crippen LogP contribution < -0.4 is 15.4 Å². The quantitative estimate of drug-likeness (QED) is 0.801. The third kappa shape index (κ3) is 5.34. The van der Waals surface area contributed by atoms with Crippen LogP contribution >= 0.6 is 0 Å². The Bertz CT molecular complexity index is 749. The van der Waals surface area contributed by atoms with Crippen molar-refractivity contribution in [3.63, 3.8) is 0 Å². The molecule has 1 atom stereocenters. The van der Waals surface area contributed by atoms with E-state index in [9.17, 15) is 9.59 Å². The Morgan fingerprint density at radius 1 is 1.04 bits per heavy atom. The van der Waals surface area contributed by atoms with Gasteiger partial charge >= 0.3 is 0 Å². The summed E-state index contributed by atoms with van der Waals surface area (Å²) in [6, 6.07) is 13.4. The molecule has 0 saturated heterocycles. The number of benzene rings is 2. The van der Waals surface area contributed by atoms with Gasteiger partial charge in [-0.3, -0.25) is 9.59 Å². The van der Waals surface area contributed by atoms with Crippen molar-refractivity contribution in [3.8, 4) is 5.75 Å². The third-order valence-corrected chi connectivity index (χ3v) is 4.21. The number of hydrogen-bond acceptors (Lipinski definition) is 3. The SMILES string of the molecule is CNC(=O)CCc1ccc(NC(=O)C(C)Oc2c(C)cccc2C)cc1. The van der Waals surface area contributed by atoms with Crippen molar-refractivity contribution < 1.29 is 14.3 Å². The second-order valence-corrected chi connectivity index (χ2v) is 6.34. The van der Waals surface area contributed by atoms with Crippen LogP contribution in [0.1, 0.15) is 30.0 Å². The Morgan fingerprint density at radius 3 is 2.23 bits per heavy atom. The molecule has 0 radical (unpaired) electrons. The van der Waals surface area contributed by atoms with E-state index in [-0.39, 0.29) is 11.8 Å². The molecular weight excluding hydrogens is 328 g/mol. The summed E-state index contributed by atoms with van der Waals surface area (Å²) >= 11 is 0. The van der Waals surface area contributed by atoms with Gasteiger partial charge in [-0.25, -0.2) is 0 Å². The van der Waals surface area contributed by atoms with Crippen LogP contribution in [0.15, 0.2) is 42.5 Å². The number of rotatable bonds is 7. The summed E-state index contributed by atoms with van der Waals surface area (Å²) in [5.74, 6) is 0.560. The molecule has 5 heteroatoms. The van der Waals surface area contributed by atoms with Crippen LogP contribution in [0.4, 0.5) is 5.69 Å². The van der Waals surface area contributed by atoms with E-state index in [1.807, 2.05) is 56.3 Å². The smallest absolute Gasteiger partial charge is 0.265 e. The van der Waals surface area contributed by atoms with Gasteiger partial charge in [0.2, 0.25) is 5.91 Å². The summed E-state index contributed by atoms with van der Waals surface area (Å²) < 4.78 is 5.85. The normalized spacial score (nSPS) is 11.5. The van der Waals surface area contributed by atoms with Crippen molar-refractivity contribution in [2.24, 2.45) is 0 Å². The Kier molecular flexibility index (Phi) is 6.78. The van der Waals surface area contributed by atoms with E-state index >= 15 is 0 Å². The van der Waals surface area contributed by atoms with E-state index in [0.29, 0.717) is 18.5 Å². The maximum Gasteiger partial charge on any atom is 0.265 e. The number of hydrogen-bond donors (Lipinski definition) is 2. The molecule has 0 heterocycles. The number of carbonyl (C=O) groups is 2. The van der Waals surface area contributed by atoms with Gasteiger partial charge in [-0.2, -0.15) is 0 Å². The van der Waals surface area contributed by atoms with Gasteiger partial charge in [-0.15, -0.1) is 0 Å². The molecular formula is C21H26N2O3. The first-order chi connectivity index (χ1) is 12.4. The van der Waals surface area contributed by atoms with Crippen LogP contribution in [0.3, 0.4) is 0 Å². The van der Waals surface area contributed by atoms with Crippen LogP contribution in [0.5, 0.6) is 5.75 Å². The lowest BCUT2D eigenvalue weighted by Crippen LogP contribution is -2.30. The van der Waals surface area contributed by atoms with Crippen LogP contribution in [-0.2, 0) is 16.0 Å². The maximum atomic E-state index is 12.4. The molecule has 26 heavy (non-hydrogen) atoms. The Labute approximate surface area is 154 Å². The minimum atomic E-state index is -0.609. The van der Waals surface area contributed by atoms with Gasteiger partial charge in [0, 0.05) is 19.2 Å². The first-order valence-electron chi connectivity index (χ1n) is 8.74. The van der Waals surface area contributed by atoms with Crippen LogP contribution in [0.2, 0.25) is 0 Å². The van der Waals surface area contributed by atoms with Gasteiger partial charge in [-0.1, -0.05) is 30.3 Å². The molecule has 2 amide bonds. The molecule has 0 saturated carbocycles. The summed E-state index contributed by atoms with van der Waals surface area (Å²) in [5, 5.41) is 5.46. The lowest BCUT2D eigenvalue weighted by molar-refractivity contribution is -0.122. The van der Waals surface area contributed by atoms with E-state index in [4.69, 9.17) is 4.74 Å². The molecule has 0 aliphatic carbocycles. The largest absolute Gasteiger partial charge is 0.480 e. The van der Waals surface area contributed by atoms with E-state index in [1.54, 1.807) is 14.0 Å². The average Bonchev–Trinajstić information content (AvgIpc) is 2.63. The molecule has 2 aromatic carbocycles. The lowest BCUT2D eigenvalue weighted by Gasteiger charge is -2.18. The molecule has 0 aromatic heterocycles. The monoisotopic (exact) mass is 354 g/mol. The zero-order chi connectivity index (χ0) is 19.1. The van der Waals surface area contributed by atoms with Crippen molar-refractivity contribution in [2.75, 3.05) is 12.4 Å². The van der Waals surface area contributed by atoms with E-state index < -0.39 is 6.10 Å². The van der Waals surface area contributed by atoms with E-state index in [0.717, 1.165) is 22.4 Å². The molecule has 2 aromatic rings. The number of ether oxygens (including phenoxy) is 1. The molecule has 138 valence electrons. The highest BCUT2D eigenvalue weighted by Crippen LogP contribution is 2.24. The topological polar surface area (TPSA) is 67.4 Å². The zero-order valence-corrected chi connectivity index (χ0v) is 15.8. The number of carbonyl (C=O) groups excluding carboxylic acids is 2. The third-order valence-electron chi connectivity index (χ3n) is 4.21. The highest BCUT2D eigenvalue weighted by Gasteiger charge is 2.17. The predicted octanol–water partition coefficient (Wildman–Crippen LogP) is 3.39. The van der Waals surface area contributed by atoms with Crippen LogP contribution in [0, 0.1) is 13.8 Å². The lowest BCUT2D eigenvalue weighted by atomic mass is 10.1. The summed E-state index contributed by atoms with van der Waals surface area (Å²) in [6.07, 6.45) is 0.505. The molecule has 0 aliphatic rings. The molecule has 2 N–H and O–H groups in total. The minimum Gasteiger partial charge on any atom is -0.480 e. The standard InChI is InChI=1S/C21H26N2O3/c1-14-6-5-7-15(2)20(14)26-16(3)21(25)23-18-11-8-17(9-12-18)10-13-19(24)22-4/h5-9,11-12,16H,10,13H2,1-4H3,(H,22,24)(H,23,25). The fourth-order valence-corrected chi connectivity index (χ4v) is 2.60. The number of nitrogens with one attached hydrogen (secondary N) is 2. The molecule has 5 nitrogen and oxygen atoms in total. The van der Waals surface area contributed by atoms with Gasteiger partial charge in [0.25, 0.3) is 5.91 Å². The molecule has 1 unspecified atom stereocenters. The second kappa shape index (κ2) is 9.04. The van der Waals surface area contributed by atoms with Crippen molar-refractivity contribution in [3.05, 3.63) is 59.2 Å². The van der Waals surface area contributed by atoms with Crippen molar-refractivity contribution >= 4 is 17.5 Å². The van der Waals surface area contributed by atoms with Gasteiger partial charge < -0.3 is 15.4 Å². The van der Waals surface area contributed by atoms with E-state index in [1.165, 1.54) is 0 Å². The fourth-order valence-electron chi connectivity index (χ4n) is 2.60. The average molecular weight is 354 g/mol. The zero-order valence-electron chi connectivity index (χ0n) is 15.8. The number of aryl methyl sites for hydroxylation is 3. The second-order valence-electron chi connectivity index (χ2n) is 6.34. The number of anilines is 1. The van der Waals surface area contributed by atoms with Crippen LogP contribution in [0.25, 0.3) is 0 Å². The molecule has 2 rings (SSSR count). The van der Waals surface area contributed by atoms with Crippen molar-refractivity contribution in [1.82, 2.24) is 5.32 Å².